The van der Waals surface area contributed by atoms with Crippen molar-refractivity contribution in [3.8, 4) is 5.75 Å². The van der Waals surface area contributed by atoms with Gasteiger partial charge in [0.15, 0.2) is 0 Å². The summed E-state index contributed by atoms with van der Waals surface area (Å²) in [5.41, 5.74) is 2.75. The monoisotopic (exact) mass is 323 g/mol. The molecule has 1 unspecified atom stereocenters. The van der Waals surface area contributed by atoms with Crippen molar-refractivity contribution >= 4 is 15.9 Å². The lowest BCUT2D eigenvalue weighted by atomic mass is 9.95. The van der Waals surface area contributed by atoms with Crippen LogP contribution in [0.3, 0.4) is 0 Å². The van der Waals surface area contributed by atoms with E-state index in [1.807, 2.05) is 0 Å². The number of hydrogen-bond donors (Lipinski definition) is 1. The number of benzene rings is 1. The van der Waals surface area contributed by atoms with E-state index in [9.17, 15) is 0 Å². The van der Waals surface area contributed by atoms with Gasteiger partial charge in [-0.05, 0) is 55.0 Å². The van der Waals surface area contributed by atoms with Crippen LogP contribution in [0.5, 0.6) is 5.75 Å². The van der Waals surface area contributed by atoms with Crippen molar-refractivity contribution in [3.63, 3.8) is 0 Å². The summed E-state index contributed by atoms with van der Waals surface area (Å²) >= 11 is 3.63. The maximum atomic E-state index is 5.83. The normalized spacial score (nSPS) is 19.1. The molecule has 1 aromatic carbocycles. The average Bonchev–Trinajstić information content (AvgIpc) is 3.11. The molecule has 0 amide bonds. The van der Waals surface area contributed by atoms with E-state index >= 15 is 0 Å². The van der Waals surface area contributed by atoms with E-state index in [0.717, 1.165) is 37.8 Å². The van der Waals surface area contributed by atoms with E-state index in [2.05, 4.69) is 40.3 Å². The highest BCUT2D eigenvalue weighted by Gasteiger charge is 2.23. The zero-order valence-corrected chi connectivity index (χ0v) is 13.1. The van der Waals surface area contributed by atoms with Crippen LogP contribution in [-0.2, 0) is 12.8 Å². The summed E-state index contributed by atoms with van der Waals surface area (Å²) < 4.78 is 7.02. The van der Waals surface area contributed by atoms with Gasteiger partial charge in [-0.3, -0.25) is 0 Å². The minimum atomic E-state index is 0.711. The van der Waals surface area contributed by atoms with Crippen LogP contribution in [0.4, 0.5) is 0 Å². The van der Waals surface area contributed by atoms with E-state index in [1.54, 1.807) is 0 Å². The van der Waals surface area contributed by atoms with Crippen LogP contribution in [0.2, 0.25) is 0 Å². The summed E-state index contributed by atoms with van der Waals surface area (Å²) in [6, 6.07) is 5.25. The van der Waals surface area contributed by atoms with Crippen LogP contribution in [0.25, 0.3) is 0 Å². The molecule has 19 heavy (non-hydrogen) atoms. The number of nitrogens with one attached hydrogen (secondary N) is 1. The zero-order chi connectivity index (χ0) is 13.2. The van der Waals surface area contributed by atoms with Crippen LogP contribution in [0.1, 0.15) is 37.3 Å². The van der Waals surface area contributed by atoms with Crippen molar-refractivity contribution in [1.82, 2.24) is 5.32 Å². The van der Waals surface area contributed by atoms with Gasteiger partial charge in [0.25, 0.3) is 0 Å². The lowest BCUT2D eigenvalue weighted by molar-refractivity contribution is 0.349. The van der Waals surface area contributed by atoms with E-state index in [1.165, 1.54) is 34.9 Å². The van der Waals surface area contributed by atoms with Crippen molar-refractivity contribution in [3.05, 3.63) is 27.7 Å². The van der Waals surface area contributed by atoms with E-state index < -0.39 is 0 Å². The highest BCUT2D eigenvalue weighted by molar-refractivity contribution is 9.10. The fourth-order valence-electron chi connectivity index (χ4n) is 2.79. The Morgan fingerprint density at radius 3 is 3.00 bits per heavy atom. The van der Waals surface area contributed by atoms with Gasteiger partial charge in [0.2, 0.25) is 0 Å². The first-order chi connectivity index (χ1) is 9.26. The molecule has 2 nitrogen and oxygen atoms in total. The zero-order valence-electron chi connectivity index (χ0n) is 11.5. The Morgan fingerprint density at radius 1 is 1.42 bits per heavy atom. The highest BCUT2D eigenvalue weighted by atomic mass is 79.9. The maximum absolute atomic E-state index is 5.83. The van der Waals surface area contributed by atoms with Gasteiger partial charge in [0, 0.05) is 16.9 Å². The third kappa shape index (κ3) is 3.32. The molecule has 0 saturated heterocycles. The molecule has 2 aliphatic rings. The molecule has 1 N–H and O–H groups in total. The van der Waals surface area contributed by atoms with Crippen LogP contribution in [-0.4, -0.2) is 19.2 Å². The van der Waals surface area contributed by atoms with Crippen molar-refractivity contribution in [2.24, 2.45) is 5.92 Å². The number of fused-ring (bicyclic) bond motifs is 1. The van der Waals surface area contributed by atoms with Crippen molar-refractivity contribution in [1.29, 1.82) is 0 Å². The molecular weight excluding hydrogens is 302 g/mol. The van der Waals surface area contributed by atoms with Gasteiger partial charge in [-0.2, -0.15) is 0 Å². The maximum Gasteiger partial charge on any atom is 0.125 e. The summed E-state index contributed by atoms with van der Waals surface area (Å²) in [6.07, 6.45) is 6.13. The van der Waals surface area contributed by atoms with Crippen molar-refractivity contribution in [2.75, 3.05) is 13.2 Å². The molecular formula is C16H22BrNO. The second-order valence-corrected chi connectivity index (χ2v) is 6.73. The second kappa shape index (κ2) is 5.84. The van der Waals surface area contributed by atoms with Crippen LogP contribution in [0.15, 0.2) is 16.6 Å². The molecule has 0 radical (unpaired) electrons. The Bertz CT molecular complexity index is 456. The van der Waals surface area contributed by atoms with Crippen molar-refractivity contribution < 1.29 is 4.74 Å². The Balaban J connectivity index is 1.70. The topological polar surface area (TPSA) is 21.3 Å². The smallest absolute Gasteiger partial charge is 0.125 e. The number of rotatable bonds is 6. The van der Waals surface area contributed by atoms with Crippen molar-refractivity contribution in [2.45, 2.75) is 45.1 Å². The third-order valence-electron chi connectivity index (χ3n) is 4.18. The van der Waals surface area contributed by atoms with Crippen LogP contribution < -0.4 is 10.1 Å². The predicted octanol–water partition coefficient (Wildman–Crippen LogP) is 3.70. The third-order valence-corrected chi connectivity index (χ3v) is 4.64. The molecule has 104 valence electrons. The molecule has 1 heterocycles. The van der Waals surface area contributed by atoms with Gasteiger partial charge in [-0.15, -0.1) is 0 Å². The lowest BCUT2D eigenvalue weighted by Crippen LogP contribution is -2.25. The molecule has 1 aliphatic carbocycles. The van der Waals surface area contributed by atoms with E-state index in [-0.39, 0.29) is 0 Å². The fourth-order valence-corrected chi connectivity index (χ4v) is 3.34. The molecule has 3 rings (SSSR count). The average molecular weight is 324 g/mol. The first-order valence-corrected chi connectivity index (χ1v) is 8.23. The van der Waals surface area contributed by atoms with E-state index in [4.69, 9.17) is 4.74 Å². The van der Waals surface area contributed by atoms with Gasteiger partial charge >= 0.3 is 0 Å². The number of halogens is 1. The molecule has 3 heteroatoms. The molecule has 0 aromatic heterocycles. The highest BCUT2D eigenvalue weighted by Crippen LogP contribution is 2.34. The second-order valence-electron chi connectivity index (χ2n) is 5.81. The molecule has 1 aromatic rings. The minimum Gasteiger partial charge on any atom is -0.493 e. The quantitative estimate of drug-likeness (QED) is 0.861. The first-order valence-electron chi connectivity index (χ1n) is 7.43. The van der Waals surface area contributed by atoms with Gasteiger partial charge < -0.3 is 10.1 Å². The Morgan fingerprint density at radius 2 is 2.26 bits per heavy atom. The molecule has 0 spiro atoms. The lowest BCUT2D eigenvalue weighted by Gasteiger charge is -2.17. The predicted molar refractivity (Wildman–Crippen MR) is 81.9 cm³/mol. The number of hydrogen-bond acceptors (Lipinski definition) is 2. The summed E-state index contributed by atoms with van der Waals surface area (Å²) in [6.45, 7) is 4.27. The Labute approximate surface area is 124 Å². The van der Waals surface area contributed by atoms with Gasteiger partial charge in [0.05, 0.1) is 6.61 Å². The van der Waals surface area contributed by atoms with Gasteiger partial charge in [0.1, 0.15) is 5.75 Å². The Kier molecular flexibility index (Phi) is 4.13. The summed E-state index contributed by atoms with van der Waals surface area (Å²) in [5.74, 6) is 1.87. The SMILES string of the molecule is CCC(CNC1CC1)Cc1cc(Br)cc2c1OCC2. The molecule has 1 atom stereocenters. The first kappa shape index (κ1) is 13.4. The Hall–Kier alpha value is -0.540. The van der Waals surface area contributed by atoms with Gasteiger partial charge in [-0.25, -0.2) is 0 Å². The summed E-state index contributed by atoms with van der Waals surface area (Å²) in [5, 5.41) is 3.66. The molecule has 1 fully saturated rings. The molecule has 1 saturated carbocycles. The van der Waals surface area contributed by atoms with Crippen LogP contribution in [0, 0.1) is 5.92 Å². The summed E-state index contributed by atoms with van der Waals surface area (Å²) in [4.78, 5) is 0. The minimum absolute atomic E-state index is 0.711. The number of ether oxygens (including phenoxy) is 1. The molecule has 0 bridgehead atoms. The fraction of sp³-hybridized carbons (Fsp3) is 0.625. The molecule has 1 aliphatic heterocycles. The standard InChI is InChI=1S/C16H22BrNO/c1-2-11(10-18-15-3-4-15)7-13-9-14(17)8-12-5-6-19-16(12)13/h8-9,11,15,18H,2-7,10H2,1H3. The van der Waals surface area contributed by atoms with Gasteiger partial charge in [-0.1, -0.05) is 29.3 Å². The largest absolute Gasteiger partial charge is 0.493 e. The summed E-state index contributed by atoms with van der Waals surface area (Å²) in [7, 11) is 0. The van der Waals surface area contributed by atoms with Crippen LogP contribution >= 0.6 is 15.9 Å². The van der Waals surface area contributed by atoms with E-state index in [0.29, 0.717) is 5.92 Å².